The SMILES string of the molecule is CCNCCOc1ccc(-c2c(C(=O)c3ccccc3C(F)(F)F)sc3cc(O)ccc23)cc1. The van der Waals surface area contributed by atoms with Crippen LogP contribution in [0.4, 0.5) is 13.2 Å². The number of phenolic OH excluding ortho intramolecular Hbond substituents is 1. The zero-order chi connectivity index (χ0) is 24.3. The number of halogens is 3. The molecule has 3 aromatic carbocycles. The van der Waals surface area contributed by atoms with Crippen LogP contribution in [-0.2, 0) is 6.18 Å². The number of aromatic hydroxyl groups is 1. The van der Waals surface area contributed by atoms with Gasteiger partial charge in [-0.25, -0.2) is 0 Å². The molecule has 8 heteroatoms. The topological polar surface area (TPSA) is 58.6 Å². The van der Waals surface area contributed by atoms with E-state index in [2.05, 4.69) is 5.32 Å². The van der Waals surface area contributed by atoms with Gasteiger partial charge in [0.15, 0.2) is 0 Å². The molecule has 0 bridgehead atoms. The summed E-state index contributed by atoms with van der Waals surface area (Å²) in [5.41, 5.74) is -0.184. The number of carbonyl (C=O) groups is 1. The van der Waals surface area contributed by atoms with Crippen LogP contribution < -0.4 is 10.1 Å². The van der Waals surface area contributed by atoms with Crippen LogP contribution in [-0.4, -0.2) is 30.6 Å². The molecule has 0 aliphatic rings. The molecule has 2 N–H and O–H groups in total. The van der Waals surface area contributed by atoms with Gasteiger partial charge in [0, 0.05) is 27.8 Å². The first kappa shape index (κ1) is 23.8. The van der Waals surface area contributed by atoms with Crippen LogP contribution in [0.1, 0.15) is 27.7 Å². The molecular weight excluding hydrogens is 463 g/mol. The number of nitrogens with one attached hydrogen (secondary N) is 1. The Hall–Kier alpha value is -3.36. The molecule has 4 aromatic rings. The average Bonchev–Trinajstić information content (AvgIpc) is 3.19. The molecule has 0 saturated carbocycles. The van der Waals surface area contributed by atoms with E-state index in [1.165, 1.54) is 30.3 Å². The number of likely N-dealkylation sites (N-methyl/N-ethyl adjacent to an activating group) is 1. The van der Waals surface area contributed by atoms with Crippen molar-refractivity contribution in [3.8, 4) is 22.6 Å². The molecule has 1 aromatic heterocycles. The summed E-state index contributed by atoms with van der Waals surface area (Å²) in [4.78, 5) is 13.6. The Labute approximate surface area is 198 Å². The summed E-state index contributed by atoms with van der Waals surface area (Å²) in [5.74, 6) is -0.0527. The highest BCUT2D eigenvalue weighted by molar-refractivity contribution is 7.21. The van der Waals surface area contributed by atoms with Gasteiger partial charge in [-0.1, -0.05) is 37.3 Å². The number of rotatable bonds is 8. The molecule has 0 aliphatic carbocycles. The number of benzene rings is 3. The highest BCUT2D eigenvalue weighted by Gasteiger charge is 2.36. The van der Waals surface area contributed by atoms with Crippen molar-refractivity contribution in [1.82, 2.24) is 5.32 Å². The molecule has 0 saturated heterocycles. The monoisotopic (exact) mass is 485 g/mol. The number of hydrogen-bond donors (Lipinski definition) is 2. The third-order valence-corrected chi connectivity index (χ3v) is 6.45. The Morgan fingerprint density at radius 3 is 2.50 bits per heavy atom. The summed E-state index contributed by atoms with van der Waals surface area (Å²) >= 11 is 1.06. The maximum absolute atomic E-state index is 13.6. The van der Waals surface area contributed by atoms with E-state index in [1.54, 1.807) is 30.3 Å². The highest BCUT2D eigenvalue weighted by atomic mass is 32.1. The van der Waals surface area contributed by atoms with Crippen molar-refractivity contribution >= 4 is 27.2 Å². The summed E-state index contributed by atoms with van der Waals surface area (Å²) in [6, 6.07) is 16.5. The fraction of sp³-hybridized carbons (Fsp3) is 0.192. The minimum Gasteiger partial charge on any atom is -0.508 e. The second kappa shape index (κ2) is 9.87. The number of carbonyl (C=O) groups excluding carboxylic acids is 1. The molecule has 0 unspecified atom stereocenters. The Morgan fingerprint density at radius 2 is 1.79 bits per heavy atom. The first-order valence-electron chi connectivity index (χ1n) is 10.7. The van der Waals surface area contributed by atoms with E-state index < -0.39 is 23.1 Å². The molecule has 0 fully saturated rings. The summed E-state index contributed by atoms with van der Waals surface area (Å²) in [7, 11) is 0. The highest BCUT2D eigenvalue weighted by Crippen LogP contribution is 2.43. The van der Waals surface area contributed by atoms with E-state index in [-0.39, 0.29) is 10.6 Å². The maximum atomic E-state index is 13.6. The first-order chi connectivity index (χ1) is 16.3. The lowest BCUT2D eigenvalue weighted by Gasteiger charge is -2.12. The zero-order valence-corrected chi connectivity index (χ0v) is 19.1. The molecule has 176 valence electrons. The van der Waals surface area contributed by atoms with E-state index >= 15 is 0 Å². The molecule has 0 aliphatic heterocycles. The van der Waals surface area contributed by atoms with Crippen LogP contribution in [0.25, 0.3) is 21.2 Å². The largest absolute Gasteiger partial charge is 0.508 e. The molecule has 0 spiro atoms. The Morgan fingerprint density at radius 1 is 1.06 bits per heavy atom. The number of fused-ring (bicyclic) bond motifs is 1. The Kier molecular flexibility index (Phi) is 6.90. The minimum atomic E-state index is -4.66. The predicted octanol–water partition coefficient (Wildman–Crippen LogP) is 6.51. The molecule has 4 rings (SSSR count). The van der Waals surface area contributed by atoms with Gasteiger partial charge < -0.3 is 15.2 Å². The number of thiophene rings is 1. The second-order valence-corrected chi connectivity index (χ2v) is 8.64. The second-order valence-electron chi connectivity index (χ2n) is 7.59. The molecule has 0 amide bonds. The van der Waals surface area contributed by atoms with Crippen molar-refractivity contribution in [2.45, 2.75) is 13.1 Å². The number of ether oxygens (including phenoxy) is 1. The van der Waals surface area contributed by atoms with E-state index in [0.717, 1.165) is 23.9 Å². The van der Waals surface area contributed by atoms with Crippen LogP contribution in [0.3, 0.4) is 0 Å². The lowest BCUT2D eigenvalue weighted by molar-refractivity contribution is -0.137. The normalized spacial score (nSPS) is 11.6. The summed E-state index contributed by atoms with van der Waals surface area (Å²) < 4.78 is 47.1. The average molecular weight is 486 g/mol. The van der Waals surface area contributed by atoms with E-state index in [0.29, 0.717) is 40.1 Å². The van der Waals surface area contributed by atoms with Gasteiger partial charge in [-0.05, 0) is 48.5 Å². The van der Waals surface area contributed by atoms with Gasteiger partial charge in [0.2, 0.25) is 5.78 Å². The van der Waals surface area contributed by atoms with Gasteiger partial charge in [0.1, 0.15) is 18.1 Å². The molecule has 0 radical (unpaired) electrons. The zero-order valence-electron chi connectivity index (χ0n) is 18.3. The minimum absolute atomic E-state index is 0.0134. The van der Waals surface area contributed by atoms with E-state index in [4.69, 9.17) is 4.74 Å². The summed E-state index contributed by atoms with van der Waals surface area (Å²) in [6.45, 7) is 4.04. The van der Waals surface area contributed by atoms with Crippen molar-refractivity contribution in [2.75, 3.05) is 19.7 Å². The van der Waals surface area contributed by atoms with Crippen LogP contribution >= 0.6 is 11.3 Å². The van der Waals surface area contributed by atoms with Crippen LogP contribution in [0.2, 0.25) is 0 Å². The number of alkyl halides is 3. The van der Waals surface area contributed by atoms with Crippen LogP contribution in [0, 0.1) is 0 Å². The summed E-state index contributed by atoms with van der Waals surface area (Å²) in [6.07, 6.45) is -4.66. The van der Waals surface area contributed by atoms with E-state index in [1.807, 2.05) is 6.92 Å². The fourth-order valence-electron chi connectivity index (χ4n) is 3.72. The van der Waals surface area contributed by atoms with Crippen molar-refractivity contribution in [3.63, 3.8) is 0 Å². The third kappa shape index (κ3) is 4.93. The Bertz CT molecular complexity index is 1310. The van der Waals surface area contributed by atoms with Gasteiger partial charge >= 0.3 is 6.18 Å². The molecule has 4 nitrogen and oxygen atoms in total. The van der Waals surface area contributed by atoms with Crippen molar-refractivity contribution in [1.29, 1.82) is 0 Å². The smallest absolute Gasteiger partial charge is 0.417 e. The van der Waals surface area contributed by atoms with Gasteiger partial charge in [-0.15, -0.1) is 11.3 Å². The fourth-order valence-corrected chi connectivity index (χ4v) is 4.93. The molecular formula is C26H22F3NO3S. The van der Waals surface area contributed by atoms with E-state index in [9.17, 15) is 23.1 Å². The number of phenols is 1. The Balaban J connectivity index is 1.79. The third-order valence-electron chi connectivity index (χ3n) is 5.30. The number of hydrogen-bond acceptors (Lipinski definition) is 5. The molecule has 34 heavy (non-hydrogen) atoms. The van der Waals surface area contributed by atoms with Gasteiger partial charge in [0.05, 0.1) is 10.4 Å². The standard InChI is InChI=1S/C26H22F3NO3S/c1-2-30-13-14-33-18-10-7-16(8-11-18)23-20-12-9-17(31)15-22(20)34-25(23)24(32)19-5-3-4-6-21(19)26(27,28)29/h3-12,15,30-31H,2,13-14H2,1H3. The van der Waals surface area contributed by atoms with Gasteiger partial charge in [-0.2, -0.15) is 13.2 Å². The van der Waals surface area contributed by atoms with Crippen molar-refractivity contribution in [2.24, 2.45) is 0 Å². The quantitative estimate of drug-likeness (QED) is 0.221. The van der Waals surface area contributed by atoms with Crippen LogP contribution in [0.15, 0.2) is 66.7 Å². The maximum Gasteiger partial charge on any atom is 0.417 e. The van der Waals surface area contributed by atoms with Crippen LogP contribution in [0.5, 0.6) is 11.5 Å². The van der Waals surface area contributed by atoms with Crippen molar-refractivity contribution < 1.29 is 27.8 Å². The number of ketones is 1. The molecule has 1 heterocycles. The molecule has 0 atom stereocenters. The lowest BCUT2D eigenvalue weighted by Crippen LogP contribution is -2.20. The summed E-state index contributed by atoms with van der Waals surface area (Å²) in [5, 5.41) is 13.8. The first-order valence-corrected chi connectivity index (χ1v) is 11.5. The van der Waals surface area contributed by atoms with Crippen molar-refractivity contribution in [3.05, 3.63) is 82.7 Å². The van der Waals surface area contributed by atoms with Gasteiger partial charge in [0.25, 0.3) is 0 Å². The van der Waals surface area contributed by atoms with Gasteiger partial charge in [-0.3, -0.25) is 4.79 Å². The lowest BCUT2D eigenvalue weighted by atomic mass is 9.96. The predicted molar refractivity (Wildman–Crippen MR) is 128 cm³/mol.